The van der Waals surface area contributed by atoms with E-state index in [1.54, 1.807) is 20.8 Å². The first kappa shape index (κ1) is 9.88. The fourth-order valence-electron chi connectivity index (χ4n) is 0.627. The summed E-state index contributed by atoms with van der Waals surface area (Å²) in [6, 6.07) is 0. The van der Waals surface area contributed by atoms with E-state index in [2.05, 4.69) is 0 Å². The first-order chi connectivity index (χ1) is 4.34. The Morgan fingerprint density at radius 3 is 1.90 bits per heavy atom. The van der Waals surface area contributed by atoms with E-state index in [0.717, 1.165) is 0 Å². The summed E-state index contributed by atoms with van der Waals surface area (Å²) in [5.41, 5.74) is 4.95. The van der Waals surface area contributed by atoms with Gasteiger partial charge in [-0.3, -0.25) is 0 Å². The van der Waals surface area contributed by atoms with Gasteiger partial charge in [-0.15, -0.1) is 0 Å². The van der Waals surface area contributed by atoms with Gasteiger partial charge in [-0.05, 0) is 20.8 Å². The minimum Gasteiger partial charge on any atom is -0.393 e. The summed E-state index contributed by atoms with van der Waals surface area (Å²) in [7, 11) is 0. The molecule has 0 rings (SSSR count). The number of hydrogen-bond donors (Lipinski definition) is 3. The molecule has 0 aromatic carbocycles. The maximum Gasteiger partial charge on any atom is 0.0738 e. The van der Waals surface area contributed by atoms with Crippen LogP contribution in [0.4, 0.5) is 0 Å². The van der Waals surface area contributed by atoms with Gasteiger partial charge in [0.15, 0.2) is 0 Å². The Morgan fingerprint density at radius 1 is 1.40 bits per heavy atom. The van der Waals surface area contributed by atoms with E-state index < -0.39 is 17.7 Å². The predicted octanol–water partition coefficient (Wildman–Crippen LogP) is -0.144. The normalized spacial score (nSPS) is 18.6. The molecule has 0 spiro atoms. The Labute approximate surface area is 61.9 Å². The molecule has 0 amide bonds. The minimum absolute atomic E-state index is 0.337. The molecule has 0 bridgehead atoms. The maximum absolute atomic E-state index is 9.27. The summed E-state index contributed by atoms with van der Waals surface area (Å²) in [5, 5.41) is 18.1. The van der Waals surface area contributed by atoms with Crippen molar-refractivity contribution in [2.24, 2.45) is 5.73 Å². The van der Waals surface area contributed by atoms with Crippen molar-refractivity contribution >= 4 is 0 Å². The van der Waals surface area contributed by atoms with Crippen molar-refractivity contribution in [3.8, 4) is 0 Å². The Bertz CT molecular complexity index is 96.3. The summed E-state index contributed by atoms with van der Waals surface area (Å²) in [6.07, 6.45) is -0.783. The molecule has 0 aromatic heterocycles. The lowest BCUT2D eigenvalue weighted by Crippen LogP contribution is -2.46. The molecule has 62 valence electrons. The lowest BCUT2D eigenvalue weighted by Gasteiger charge is -2.26. The summed E-state index contributed by atoms with van der Waals surface area (Å²) in [4.78, 5) is 0. The lowest BCUT2D eigenvalue weighted by atomic mass is 9.94. The van der Waals surface area contributed by atoms with Crippen LogP contribution in [0.1, 0.15) is 27.2 Å². The summed E-state index contributed by atoms with van der Waals surface area (Å²) in [6.45, 7) is 5.11. The predicted molar refractivity (Wildman–Crippen MR) is 40.6 cm³/mol. The van der Waals surface area contributed by atoms with Crippen LogP contribution in [0, 0.1) is 0 Å². The second-order valence-electron chi connectivity index (χ2n) is 3.42. The zero-order valence-corrected chi connectivity index (χ0v) is 6.83. The largest absolute Gasteiger partial charge is 0.393 e. The topological polar surface area (TPSA) is 66.5 Å². The van der Waals surface area contributed by atoms with Gasteiger partial charge >= 0.3 is 0 Å². The average molecular weight is 147 g/mol. The zero-order chi connectivity index (χ0) is 8.36. The number of aliphatic hydroxyl groups excluding tert-OH is 2. The van der Waals surface area contributed by atoms with Gasteiger partial charge in [0.25, 0.3) is 0 Å². The van der Waals surface area contributed by atoms with Crippen LogP contribution < -0.4 is 5.73 Å². The van der Waals surface area contributed by atoms with Crippen LogP contribution in [-0.4, -0.2) is 28.0 Å². The average Bonchev–Trinajstić information content (AvgIpc) is 1.60. The van der Waals surface area contributed by atoms with Crippen LogP contribution in [0.2, 0.25) is 0 Å². The van der Waals surface area contributed by atoms with Crippen molar-refractivity contribution in [3.05, 3.63) is 0 Å². The van der Waals surface area contributed by atoms with Crippen molar-refractivity contribution < 1.29 is 10.2 Å². The van der Waals surface area contributed by atoms with Gasteiger partial charge in [0.2, 0.25) is 0 Å². The molecule has 0 heterocycles. The molecule has 2 unspecified atom stereocenters. The third kappa shape index (κ3) is 3.82. The fourth-order valence-corrected chi connectivity index (χ4v) is 0.627. The van der Waals surface area contributed by atoms with Gasteiger partial charge in [-0.2, -0.15) is 0 Å². The Morgan fingerprint density at radius 2 is 1.80 bits per heavy atom. The standard InChI is InChI=1S/C7H17NO2/c1-5(9)4-6(10)7(2,3)8/h5-6,9-10H,4,8H2,1-3H3. The fraction of sp³-hybridized carbons (Fsp3) is 1.00. The molecule has 10 heavy (non-hydrogen) atoms. The Kier molecular flexibility index (Phi) is 3.28. The molecule has 3 nitrogen and oxygen atoms in total. The maximum atomic E-state index is 9.27. The zero-order valence-electron chi connectivity index (χ0n) is 6.83. The molecule has 3 heteroatoms. The van der Waals surface area contributed by atoms with Gasteiger partial charge < -0.3 is 15.9 Å². The quantitative estimate of drug-likeness (QED) is 0.520. The van der Waals surface area contributed by atoms with Gasteiger partial charge in [0, 0.05) is 12.0 Å². The number of nitrogens with two attached hydrogens (primary N) is 1. The molecule has 2 atom stereocenters. The lowest BCUT2D eigenvalue weighted by molar-refractivity contribution is 0.0480. The molecule has 0 aliphatic heterocycles. The van der Waals surface area contributed by atoms with E-state index >= 15 is 0 Å². The highest BCUT2D eigenvalue weighted by Gasteiger charge is 2.23. The molecule has 0 radical (unpaired) electrons. The van der Waals surface area contributed by atoms with Crippen molar-refractivity contribution in [1.29, 1.82) is 0 Å². The van der Waals surface area contributed by atoms with Gasteiger partial charge in [-0.1, -0.05) is 0 Å². The van der Waals surface area contributed by atoms with Gasteiger partial charge in [0.05, 0.1) is 12.2 Å². The molecule has 0 aromatic rings. The molecule has 0 saturated carbocycles. The first-order valence-corrected chi connectivity index (χ1v) is 3.49. The molecule has 0 aliphatic rings. The molecular weight excluding hydrogens is 130 g/mol. The molecule has 4 N–H and O–H groups in total. The van der Waals surface area contributed by atoms with Gasteiger partial charge in [-0.25, -0.2) is 0 Å². The van der Waals surface area contributed by atoms with E-state index in [4.69, 9.17) is 10.8 Å². The summed E-state index contributed by atoms with van der Waals surface area (Å²) in [5.74, 6) is 0. The smallest absolute Gasteiger partial charge is 0.0738 e. The van der Waals surface area contributed by atoms with E-state index in [9.17, 15) is 5.11 Å². The Hall–Kier alpha value is -0.120. The highest BCUT2D eigenvalue weighted by atomic mass is 16.3. The SMILES string of the molecule is CC(O)CC(O)C(C)(C)N. The van der Waals surface area contributed by atoms with E-state index in [-0.39, 0.29) is 0 Å². The van der Waals surface area contributed by atoms with E-state index in [1.807, 2.05) is 0 Å². The number of hydrogen-bond acceptors (Lipinski definition) is 3. The molecule has 0 aliphatic carbocycles. The first-order valence-electron chi connectivity index (χ1n) is 3.49. The third-order valence-corrected chi connectivity index (χ3v) is 1.42. The highest BCUT2D eigenvalue weighted by molar-refractivity contribution is 4.82. The van der Waals surface area contributed by atoms with Crippen LogP contribution in [0.3, 0.4) is 0 Å². The highest BCUT2D eigenvalue weighted by Crippen LogP contribution is 2.10. The van der Waals surface area contributed by atoms with Crippen molar-refractivity contribution in [2.45, 2.75) is 44.9 Å². The van der Waals surface area contributed by atoms with Crippen LogP contribution in [0.5, 0.6) is 0 Å². The number of aliphatic hydroxyl groups is 2. The summed E-state index contributed by atoms with van der Waals surface area (Å²) < 4.78 is 0. The molecule has 0 fully saturated rings. The van der Waals surface area contributed by atoms with Crippen LogP contribution in [0.25, 0.3) is 0 Å². The van der Waals surface area contributed by atoms with E-state index in [1.165, 1.54) is 0 Å². The van der Waals surface area contributed by atoms with Crippen LogP contribution in [0.15, 0.2) is 0 Å². The van der Waals surface area contributed by atoms with Crippen molar-refractivity contribution in [2.75, 3.05) is 0 Å². The van der Waals surface area contributed by atoms with Crippen molar-refractivity contribution in [1.82, 2.24) is 0 Å². The summed E-state index contributed by atoms with van der Waals surface area (Å²) >= 11 is 0. The third-order valence-electron chi connectivity index (χ3n) is 1.42. The Balaban J connectivity index is 3.73. The second-order valence-corrected chi connectivity index (χ2v) is 3.42. The van der Waals surface area contributed by atoms with E-state index in [0.29, 0.717) is 6.42 Å². The molecule has 0 saturated heterocycles. The number of rotatable bonds is 3. The monoisotopic (exact) mass is 147 g/mol. The molecular formula is C7H17NO2. The van der Waals surface area contributed by atoms with Gasteiger partial charge in [0.1, 0.15) is 0 Å². The van der Waals surface area contributed by atoms with Crippen LogP contribution >= 0.6 is 0 Å². The van der Waals surface area contributed by atoms with Crippen molar-refractivity contribution in [3.63, 3.8) is 0 Å². The second kappa shape index (κ2) is 3.32. The van der Waals surface area contributed by atoms with Crippen LogP contribution in [-0.2, 0) is 0 Å². The minimum atomic E-state index is -0.632.